The van der Waals surface area contributed by atoms with Gasteiger partial charge in [0, 0.05) is 19.1 Å². The molecule has 21 heavy (non-hydrogen) atoms. The van der Waals surface area contributed by atoms with E-state index in [0.717, 1.165) is 37.4 Å². The summed E-state index contributed by atoms with van der Waals surface area (Å²) in [5.74, 6) is 0.572. The molecule has 1 unspecified atom stereocenters. The van der Waals surface area contributed by atoms with Gasteiger partial charge in [0.25, 0.3) is 10.0 Å². The zero-order chi connectivity index (χ0) is 15.5. The minimum atomic E-state index is -3.39. The Morgan fingerprint density at radius 1 is 1.48 bits per heavy atom. The van der Waals surface area contributed by atoms with Gasteiger partial charge in [-0.05, 0) is 32.2 Å². The van der Waals surface area contributed by atoms with Crippen LogP contribution in [0.4, 0.5) is 0 Å². The third-order valence-corrected chi connectivity index (χ3v) is 6.97. The van der Waals surface area contributed by atoms with E-state index in [2.05, 4.69) is 24.1 Å². The Morgan fingerprint density at radius 3 is 2.86 bits per heavy atom. The highest BCUT2D eigenvalue weighted by molar-refractivity contribution is 7.91. The van der Waals surface area contributed by atoms with Crippen molar-refractivity contribution in [3.63, 3.8) is 0 Å². The number of hydrogen-bond acceptors (Lipinski definition) is 5. The molecule has 0 spiro atoms. The molecule has 1 aliphatic rings. The fourth-order valence-electron chi connectivity index (χ4n) is 2.61. The molecule has 120 valence electrons. The molecular weight excluding hydrogens is 306 g/mol. The Balaban J connectivity index is 2.10. The van der Waals surface area contributed by atoms with Crippen molar-refractivity contribution in [1.82, 2.24) is 14.6 Å². The van der Waals surface area contributed by atoms with Gasteiger partial charge in [-0.2, -0.15) is 4.31 Å². The van der Waals surface area contributed by atoms with E-state index in [0.29, 0.717) is 16.7 Å². The number of aromatic nitrogens is 1. The lowest BCUT2D eigenvalue weighted by Crippen LogP contribution is -2.48. The van der Waals surface area contributed by atoms with E-state index in [-0.39, 0.29) is 6.04 Å². The molecule has 5 nitrogen and oxygen atoms in total. The lowest BCUT2D eigenvalue weighted by Gasteiger charge is -2.34. The van der Waals surface area contributed by atoms with E-state index in [1.807, 2.05) is 6.92 Å². The molecule has 1 aliphatic heterocycles. The van der Waals surface area contributed by atoms with Crippen molar-refractivity contribution in [2.75, 3.05) is 19.6 Å². The number of nitrogens with zero attached hydrogens (tertiary/aromatic N) is 2. The summed E-state index contributed by atoms with van der Waals surface area (Å²) in [5.41, 5.74) is 0. The van der Waals surface area contributed by atoms with Crippen molar-refractivity contribution < 1.29 is 8.42 Å². The molecule has 0 radical (unpaired) electrons. The average molecular weight is 332 g/mol. The number of nitrogens with one attached hydrogen (secondary N) is 1. The molecule has 1 saturated heterocycles. The van der Waals surface area contributed by atoms with Crippen LogP contribution in [0.25, 0.3) is 0 Å². The Morgan fingerprint density at radius 2 is 2.24 bits per heavy atom. The first-order valence-electron chi connectivity index (χ1n) is 7.56. The molecule has 0 saturated carbocycles. The molecule has 1 fully saturated rings. The van der Waals surface area contributed by atoms with Crippen molar-refractivity contribution in [3.05, 3.63) is 11.2 Å². The van der Waals surface area contributed by atoms with Crippen LogP contribution >= 0.6 is 11.3 Å². The van der Waals surface area contributed by atoms with Crippen molar-refractivity contribution in [3.8, 4) is 0 Å². The fourth-order valence-corrected chi connectivity index (χ4v) is 5.54. The van der Waals surface area contributed by atoms with E-state index in [4.69, 9.17) is 0 Å². The summed E-state index contributed by atoms with van der Waals surface area (Å²) in [5, 5.41) is 4.19. The molecule has 0 bridgehead atoms. The average Bonchev–Trinajstić information content (AvgIpc) is 2.86. The fraction of sp³-hybridized carbons (Fsp3) is 0.786. The van der Waals surface area contributed by atoms with Crippen LogP contribution in [-0.4, -0.2) is 43.4 Å². The highest BCUT2D eigenvalue weighted by Gasteiger charge is 2.34. The molecule has 1 N–H and O–H groups in total. The van der Waals surface area contributed by atoms with Gasteiger partial charge in [0.15, 0.2) is 4.21 Å². The van der Waals surface area contributed by atoms with Gasteiger partial charge in [0.1, 0.15) is 0 Å². The van der Waals surface area contributed by atoms with Crippen LogP contribution < -0.4 is 5.32 Å². The summed E-state index contributed by atoms with van der Waals surface area (Å²) in [6.45, 7) is 8.42. The second-order valence-electron chi connectivity index (χ2n) is 6.02. The third-order valence-electron chi connectivity index (χ3n) is 3.67. The van der Waals surface area contributed by atoms with Gasteiger partial charge in [-0.25, -0.2) is 13.4 Å². The Bertz CT molecular complexity index is 554. The van der Waals surface area contributed by atoms with Crippen LogP contribution in [0.1, 0.15) is 38.1 Å². The van der Waals surface area contributed by atoms with E-state index >= 15 is 0 Å². The van der Waals surface area contributed by atoms with Gasteiger partial charge >= 0.3 is 0 Å². The summed E-state index contributed by atoms with van der Waals surface area (Å²) in [4.78, 5) is 4.09. The normalized spacial score (nSPS) is 21.0. The topological polar surface area (TPSA) is 62.3 Å². The van der Waals surface area contributed by atoms with Gasteiger partial charge in [-0.1, -0.05) is 20.3 Å². The number of thiazole rings is 1. The van der Waals surface area contributed by atoms with Crippen LogP contribution in [0.2, 0.25) is 0 Å². The minimum Gasteiger partial charge on any atom is -0.315 e. The molecule has 0 amide bonds. The summed E-state index contributed by atoms with van der Waals surface area (Å²) in [6, 6.07) is 0.0601. The Kier molecular flexibility index (Phi) is 5.76. The first-order chi connectivity index (χ1) is 9.91. The molecule has 0 aliphatic carbocycles. The number of hydrogen-bond donors (Lipinski definition) is 1. The van der Waals surface area contributed by atoms with Crippen molar-refractivity contribution in [2.24, 2.45) is 5.92 Å². The molecule has 1 atom stereocenters. The summed E-state index contributed by atoms with van der Waals surface area (Å²) in [6.07, 6.45) is 4.46. The third kappa shape index (κ3) is 4.25. The second kappa shape index (κ2) is 7.17. The van der Waals surface area contributed by atoms with E-state index in [1.165, 1.54) is 17.5 Å². The first kappa shape index (κ1) is 16.9. The number of rotatable bonds is 6. The Hall–Kier alpha value is -0.500. The number of sulfonamides is 1. The molecule has 1 aromatic rings. The van der Waals surface area contributed by atoms with Gasteiger partial charge < -0.3 is 5.32 Å². The van der Waals surface area contributed by atoms with Gasteiger partial charge in [-0.3, -0.25) is 0 Å². The second-order valence-corrected chi connectivity index (χ2v) is 9.37. The van der Waals surface area contributed by atoms with Gasteiger partial charge in [0.2, 0.25) is 0 Å². The van der Waals surface area contributed by atoms with Crippen molar-refractivity contribution >= 4 is 21.4 Å². The van der Waals surface area contributed by atoms with Crippen molar-refractivity contribution in [2.45, 2.75) is 50.3 Å². The van der Waals surface area contributed by atoms with Gasteiger partial charge in [-0.15, -0.1) is 11.3 Å². The predicted molar refractivity (Wildman–Crippen MR) is 86.1 cm³/mol. The first-order valence-corrected chi connectivity index (χ1v) is 9.82. The zero-order valence-corrected chi connectivity index (χ0v) is 14.6. The molecule has 7 heteroatoms. The predicted octanol–water partition coefficient (Wildman–Crippen LogP) is 2.24. The quantitative estimate of drug-likeness (QED) is 0.868. The number of aryl methyl sites for hydroxylation is 1. The molecular formula is C14H25N3O2S2. The highest BCUT2D eigenvalue weighted by atomic mass is 32.2. The summed E-state index contributed by atoms with van der Waals surface area (Å²) >= 11 is 1.26. The number of piperidine rings is 1. The minimum absolute atomic E-state index is 0.0601. The molecule has 1 aromatic heterocycles. The van der Waals surface area contributed by atoms with E-state index in [1.54, 1.807) is 4.31 Å². The van der Waals surface area contributed by atoms with Crippen LogP contribution in [0.15, 0.2) is 10.4 Å². The lowest BCUT2D eigenvalue weighted by molar-refractivity contribution is 0.244. The molecule has 2 heterocycles. The Labute approximate surface area is 131 Å². The molecule has 2 rings (SSSR count). The summed E-state index contributed by atoms with van der Waals surface area (Å²) < 4.78 is 27.6. The monoisotopic (exact) mass is 331 g/mol. The maximum Gasteiger partial charge on any atom is 0.254 e. The lowest BCUT2D eigenvalue weighted by atomic mass is 10.0. The maximum absolute atomic E-state index is 12.8. The zero-order valence-electron chi connectivity index (χ0n) is 13.0. The maximum atomic E-state index is 12.8. The smallest absolute Gasteiger partial charge is 0.254 e. The van der Waals surface area contributed by atoms with Crippen molar-refractivity contribution in [1.29, 1.82) is 0 Å². The highest BCUT2D eigenvalue weighted by Crippen LogP contribution is 2.28. The van der Waals surface area contributed by atoms with Crippen LogP contribution in [-0.2, 0) is 10.0 Å². The standard InChI is InChI=1S/C14H25N3O2S2/c1-11(2)8-15-9-13-6-4-5-7-17(13)21(18,19)14-10-16-12(3)20-14/h10-11,13,15H,4-9H2,1-3H3. The van der Waals surface area contributed by atoms with Gasteiger partial charge in [0.05, 0.1) is 11.2 Å². The summed E-state index contributed by atoms with van der Waals surface area (Å²) in [7, 11) is -3.39. The SMILES string of the molecule is Cc1ncc(S(=O)(=O)N2CCCCC2CNCC(C)C)s1. The van der Waals surface area contributed by atoms with E-state index in [9.17, 15) is 8.42 Å². The molecule has 0 aromatic carbocycles. The largest absolute Gasteiger partial charge is 0.315 e. The van der Waals surface area contributed by atoms with Crippen LogP contribution in [0.3, 0.4) is 0 Å². The van der Waals surface area contributed by atoms with Crippen LogP contribution in [0, 0.1) is 12.8 Å². The van der Waals surface area contributed by atoms with Crippen LogP contribution in [0.5, 0.6) is 0 Å². The van der Waals surface area contributed by atoms with E-state index < -0.39 is 10.0 Å².